The average molecular weight is 284 g/mol. The Kier molecular flexibility index (Phi) is 3.27. The summed E-state index contributed by atoms with van der Waals surface area (Å²) < 4.78 is 6.34. The van der Waals surface area contributed by atoms with Crippen LogP contribution in [0.15, 0.2) is 16.6 Å². The Bertz CT molecular complexity index is 397. The first-order chi connectivity index (χ1) is 7.57. The number of halogens is 1. The Morgan fingerprint density at radius 2 is 1.94 bits per heavy atom. The van der Waals surface area contributed by atoms with Gasteiger partial charge in [0.25, 0.3) is 0 Å². The van der Waals surface area contributed by atoms with Crippen molar-refractivity contribution in [2.45, 2.75) is 38.1 Å². The molecule has 0 bridgehead atoms. The minimum Gasteiger partial charge on any atom is -0.496 e. The molecule has 1 saturated carbocycles. The fraction of sp³-hybridized carbons (Fsp3) is 0.538. The maximum Gasteiger partial charge on any atom is 0.133 e. The summed E-state index contributed by atoms with van der Waals surface area (Å²) in [7, 11) is 1.69. The second-order valence-electron chi connectivity index (χ2n) is 4.66. The highest BCUT2D eigenvalue weighted by Gasteiger charge is 2.33. The molecular weight excluding hydrogens is 266 g/mol. The van der Waals surface area contributed by atoms with Crippen molar-refractivity contribution in [3.63, 3.8) is 0 Å². The van der Waals surface area contributed by atoms with Crippen molar-refractivity contribution in [1.82, 2.24) is 0 Å². The molecule has 88 valence electrons. The molecule has 1 aromatic rings. The van der Waals surface area contributed by atoms with Crippen LogP contribution >= 0.6 is 15.9 Å². The van der Waals surface area contributed by atoms with Crippen molar-refractivity contribution in [3.05, 3.63) is 27.7 Å². The van der Waals surface area contributed by atoms with E-state index in [0.717, 1.165) is 23.1 Å². The molecule has 0 aromatic heterocycles. The van der Waals surface area contributed by atoms with Crippen LogP contribution in [0.5, 0.6) is 5.75 Å². The van der Waals surface area contributed by atoms with Gasteiger partial charge < -0.3 is 10.5 Å². The first kappa shape index (κ1) is 11.9. The van der Waals surface area contributed by atoms with Gasteiger partial charge in [-0.3, -0.25) is 0 Å². The number of nitrogens with two attached hydrogens (primary N) is 1. The summed E-state index contributed by atoms with van der Waals surface area (Å²) in [5.41, 5.74) is 8.83. The van der Waals surface area contributed by atoms with Crippen LogP contribution in [0.25, 0.3) is 0 Å². The molecule has 2 N–H and O–H groups in total. The Morgan fingerprint density at radius 1 is 1.31 bits per heavy atom. The molecule has 0 spiro atoms. The third-order valence-electron chi connectivity index (χ3n) is 3.53. The van der Waals surface area contributed by atoms with E-state index in [1.165, 1.54) is 24.0 Å². The van der Waals surface area contributed by atoms with Gasteiger partial charge in [-0.25, -0.2) is 0 Å². The van der Waals surface area contributed by atoms with E-state index < -0.39 is 0 Å². The van der Waals surface area contributed by atoms with Crippen LogP contribution in [-0.4, -0.2) is 7.11 Å². The van der Waals surface area contributed by atoms with Gasteiger partial charge in [-0.1, -0.05) is 12.8 Å². The van der Waals surface area contributed by atoms with Gasteiger partial charge in [0.2, 0.25) is 0 Å². The highest BCUT2D eigenvalue weighted by Crippen LogP contribution is 2.40. The Balaban J connectivity index is 2.47. The van der Waals surface area contributed by atoms with Gasteiger partial charge in [0.05, 0.1) is 11.6 Å². The lowest BCUT2D eigenvalue weighted by Crippen LogP contribution is -2.33. The number of ether oxygens (including phenoxy) is 1. The maximum atomic E-state index is 6.48. The molecule has 0 amide bonds. The predicted molar refractivity (Wildman–Crippen MR) is 69.8 cm³/mol. The predicted octanol–water partition coefficient (Wildman–Crippen LogP) is 3.49. The molecule has 1 aliphatic rings. The van der Waals surface area contributed by atoms with E-state index in [4.69, 9.17) is 10.5 Å². The van der Waals surface area contributed by atoms with Crippen LogP contribution in [0.1, 0.15) is 36.8 Å². The number of methoxy groups -OCH3 is 1. The zero-order chi connectivity index (χ0) is 11.8. The van der Waals surface area contributed by atoms with E-state index in [0.29, 0.717) is 0 Å². The molecule has 0 unspecified atom stereocenters. The monoisotopic (exact) mass is 283 g/mol. The van der Waals surface area contributed by atoms with E-state index in [2.05, 4.69) is 35.0 Å². The van der Waals surface area contributed by atoms with Gasteiger partial charge in [0, 0.05) is 5.54 Å². The molecule has 1 fully saturated rings. The summed E-state index contributed by atoms with van der Waals surface area (Å²) in [5.74, 6) is 0.873. The van der Waals surface area contributed by atoms with Crippen LogP contribution in [0.3, 0.4) is 0 Å². The first-order valence-corrected chi connectivity index (χ1v) is 6.49. The standard InChI is InChI=1S/C13H18BrNO/c1-9-7-11(14)12(16-2)8-10(9)13(15)5-3-4-6-13/h7-8H,3-6,15H2,1-2H3. The summed E-state index contributed by atoms with van der Waals surface area (Å²) >= 11 is 3.50. The van der Waals surface area contributed by atoms with Crippen LogP contribution in [0, 0.1) is 6.92 Å². The third-order valence-corrected chi connectivity index (χ3v) is 4.15. The fourth-order valence-electron chi connectivity index (χ4n) is 2.62. The second-order valence-corrected chi connectivity index (χ2v) is 5.52. The van der Waals surface area contributed by atoms with Crippen LogP contribution in [0.2, 0.25) is 0 Å². The highest BCUT2D eigenvalue weighted by atomic mass is 79.9. The number of hydrogen-bond donors (Lipinski definition) is 1. The smallest absolute Gasteiger partial charge is 0.133 e. The lowest BCUT2D eigenvalue weighted by atomic mass is 9.86. The molecule has 16 heavy (non-hydrogen) atoms. The van der Waals surface area contributed by atoms with Crippen LogP contribution < -0.4 is 10.5 Å². The molecular formula is C13H18BrNO. The Hall–Kier alpha value is -0.540. The summed E-state index contributed by atoms with van der Waals surface area (Å²) in [6.07, 6.45) is 4.62. The average Bonchev–Trinajstić information content (AvgIpc) is 2.66. The Morgan fingerprint density at radius 3 is 2.50 bits per heavy atom. The van der Waals surface area contributed by atoms with E-state index in [9.17, 15) is 0 Å². The van der Waals surface area contributed by atoms with E-state index in [-0.39, 0.29) is 5.54 Å². The van der Waals surface area contributed by atoms with Crippen LogP contribution in [0.4, 0.5) is 0 Å². The molecule has 3 heteroatoms. The zero-order valence-electron chi connectivity index (χ0n) is 9.85. The molecule has 0 atom stereocenters. The molecule has 2 nitrogen and oxygen atoms in total. The minimum atomic E-state index is -0.141. The topological polar surface area (TPSA) is 35.2 Å². The van der Waals surface area contributed by atoms with Crippen molar-refractivity contribution >= 4 is 15.9 Å². The number of rotatable bonds is 2. The van der Waals surface area contributed by atoms with Gasteiger partial charge in [-0.05, 0) is 59.0 Å². The van der Waals surface area contributed by atoms with Crippen molar-refractivity contribution in [1.29, 1.82) is 0 Å². The summed E-state index contributed by atoms with van der Waals surface area (Å²) in [6.45, 7) is 2.12. The quantitative estimate of drug-likeness (QED) is 0.902. The van der Waals surface area contributed by atoms with Gasteiger partial charge in [-0.15, -0.1) is 0 Å². The summed E-state index contributed by atoms with van der Waals surface area (Å²) in [4.78, 5) is 0. The summed E-state index contributed by atoms with van der Waals surface area (Å²) in [6, 6.07) is 4.19. The molecule has 1 aliphatic carbocycles. The molecule has 0 saturated heterocycles. The lowest BCUT2D eigenvalue weighted by molar-refractivity contribution is 0.405. The van der Waals surface area contributed by atoms with Gasteiger partial charge in [-0.2, -0.15) is 0 Å². The summed E-state index contributed by atoms with van der Waals surface area (Å²) in [5, 5.41) is 0. The van der Waals surface area contributed by atoms with E-state index >= 15 is 0 Å². The first-order valence-electron chi connectivity index (χ1n) is 5.70. The van der Waals surface area contributed by atoms with Crippen molar-refractivity contribution in [3.8, 4) is 5.75 Å². The lowest BCUT2D eigenvalue weighted by Gasteiger charge is -2.27. The van der Waals surface area contributed by atoms with Gasteiger partial charge in [0.15, 0.2) is 0 Å². The highest BCUT2D eigenvalue weighted by molar-refractivity contribution is 9.10. The largest absolute Gasteiger partial charge is 0.496 e. The molecule has 0 aliphatic heterocycles. The van der Waals surface area contributed by atoms with E-state index in [1.54, 1.807) is 7.11 Å². The SMILES string of the molecule is COc1cc(C2(N)CCCC2)c(C)cc1Br. The van der Waals surface area contributed by atoms with Crippen LogP contribution in [-0.2, 0) is 5.54 Å². The molecule has 1 aromatic carbocycles. The Labute approximate surface area is 105 Å². The number of hydrogen-bond acceptors (Lipinski definition) is 2. The molecule has 0 radical (unpaired) electrons. The third kappa shape index (κ3) is 1.98. The number of benzene rings is 1. The minimum absolute atomic E-state index is 0.141. The maximum absolute atomic E-state index is 6.48. The fourth-order valence-corrected chi connectivity index (χ4v) is 3.24. The molecule has 0 heterocycles. The second kappa shape index (κ2) is 4.38. The normalized spacial score (nSPS) is 18.8. The van der Waals surface area contributed by atoms with E-state index in [1.807, 2.05) is 0 Å². The molecule has 2 rings (SSSR count). The number of aryl methyl sites for hydroxylation is 1. The van der Waals surface area contributed by atoms with Crippen molar-refractivity contribution in [2.24, 2.45) is 5.73 Å². The van der Waals surface area contributed by atoms with Gasteiger partial charge >= 0.3 is 0 Å². The van der Waals surface area contributed by atoms with Crippen molar-refractivity contribution in [2.75, 3.05) is 7.11 Å². The zero-order valence-corrected chi connectivity index (χ0v) is 11.4. The van der Waals surface area contributed by atoms with Crippen molar-refractivity contribution < 1.29 is 4.74 Å². The van der Waals surface area contributed by atoms with Gasteiger partial charge in [0.1, 0.15) is 5.75 Å².